The Morgan fingerprint density at radius 2 is 2.00 bits per heavy atom. The van der Waals surface area contributed by atoms with Crippen LogP contribution in [0.25, 0.3) is 0 Å². The average molecular weight is 356 g/mol. The van der Waals surface area contributed by atoms with Crippen LogP contribution in [0, 0.1) is 0 Å². The molecule has 0 saturated carbocycles. The van der Waals surface area contributed by atoms with Gasteiger partial charge in [-0.15, -0.1) is 0 Å². The number of anilines is 1. The minimum atomic E-state index is -4.44. The summed E-state index contributed by atoms with van der Waals surface area (Å²) in [5.74, 6) is -0.641. The third-order valence-corrected chi connectivity index (χ3v) is 3.06. The van der Waals surface area contributed by atoms with Gasteiger partial charge in [-0.25, -0.2) is 9.78 Å². The number of nitrogens with zero attached hydrogens (tertiary/aromatic N) is 1. The molecule has 0 radical (unpaired) electrons. The number of carboxylic acid groups (broad SMARTS) is 1. The molecule has 1 aromatic carbocycles. The largest absolute Gasteiger partial charge is 0.493 e. The van der Waals surface area contributed by atoms with Gasteiger partial charge in [-0.05, 0) is 29.8 Å². The molecule has 0 aliphatic heterocycles. The molecule has 25 heavy (non-hydrogen) atoms. The standard InChI is InChI=1S/C16H15F3N2O4/c1-24-13-7-10(5-6-12(13)25-9-16(17,18)19)8-20-14-4-2-3-11(21-14)15(22)23/h2-7H,8-9H2,1H3,(H,20,21)(H,22,23). The Morgan fingerprint density at radius 3 is 2.64 bits per heavy atom. The highest BCUT2D eigenvalue weighted by atomic mass is 19.4. The van der Waals surface area contributed by atoms with Crippen molar-refractivity contribution in [3.63, 3.8) is 0 Å². The molecule has 1 heterocycles. The van der Waals surface area contributed by atoms with E-state index in [2.05, 4.69) is 10.3 Å². The first-order chi connectivity index (χ1) is 11.8. The molecule has 134 valence electrons. The van der Waals surface area contributed by atoms with Gasteiger partial charge in [0, 0.05) is 6.54 Å². The summed E-state index contributed by atoms with van der Waals surface area (Å²) in [6.07, 6.45) is -4.44. The monoisotopic (exact) mass is 356 g/mol. The van der Waals surface area contributed by atoms with E-state index in [4.69, 9.17) is 14.6 Å². The first-order valence-electron chi connectivity index (χ1n) is 7.09. The van der Waals surface area contributed by atoms with Crippen LogP contribution < -0.4 is 14.8 Å². The van der Waals surface area contributed by atoms with Crippen LogP contribution in [0.5, 0.6) is 11.5 Å². The van der Waals surface area contributed by atoms with Gasteiger partial charge in [0.2, 0.25) is 0 Å². The summed E-state index contributed by atoms with van der Waals surface area (Å²) in [5, 5.41) is 11.8. The molecular weight excluding hydrogens is 341 g/mol. The molecule has 0 amide bonds. The molecule has 1 aromatic heterocycles. The number of hydrogen-bond donors (Lipinski definition) is 2. The van der Waals surface area contributed by atoms with E-state index >= 15 is 0 Å². The number of benzene rings is 1. The lowest BCUT2D eigenvalue weighted by molar-refractivity contribution is -0.153. The fourth-order valence-corrected chi connectivity index (χ4v) is 1.95. The van der Waals surface area contributed by atoms with Crippen LogP contribution in [0.1, 0.15) is 16.1 Å². The van der Waals surface area contributed by atoms with Gasteiger partial charge in [-0.1, -0.05) is 12.1 Å². The maximum absolute atomic E-state index is 12.2. The van der Waals surface area contributed by atoms with Crippen molar-refractivity contribution < 1.29 is 32.5 Å². The Labute approximate surface area is 141 Å². The van der Waals surface area contributed by atoms with Crippen molar-refractivity contribution in [3.05, 3.63) is 47.7 Å². The summed E-state index contributed by atoms with van der Waals surface area (Å²) in [6.45, 7) is -1.14. The van der Waals surface area contributed by atoms with Gasteiger partial charge in [-0.3, -0.25) is 0 Å². The van der Waals surface area contributed by atoms with Crippen molar-refractivity contribution in [3.8, 4) is 11.5 Å². The lowest BCUT2D eigenvalue weighted by Crippen LogP contribution is -2.19. The van der Waals surface area contributed by atoms with Crippen molar-refractivity contribution in [2.45, 2.75) is 12.7 Å². The lowest BCUT2D eigenvalue weighted by atomic mass is 10.2. The van der Waals surface area contributed by atoms with E-state index in [1.54, 1.807) is 18.2 Å². The second-order valence-corrected chi connectivity index (χ2v) is 4.96. The van der Waals surface area contributed by atoms with E-state index in [0.717, 1.165) is 0 Å². The number of rotatable bonds is 7. The summed E-state index contributed by atoms with van der Waals surface area (Å²) in [7, 11) is 1.32. The van der Waals surface area contributed by atoms with Crippen molar-refractivity contribution in [1.29, 1.82) is 0 Å². The van der Waals surface area contributed by atoms with Crippen LogP contribution in [0.2, 0.25) is 0 Å². The smallest absolute Gasteiger partial charge is 0.422 e. The van der Waals surface area contributed by atoms with E-state index in [0.29, 0.717) is 11.4 Å². The molecule has 2 N–H and O–H groups in total. The van der Waals surface area contributed by atoms with Gasteiger partial charge in [0.15, 0.2) is 23.8 Å². The number of halogens is 3. The van der Waals surface area contributed by atoms with Gasteiger partial charge < -0.3 is 19.9 Å². The lowest BCUT2D eigenvalue weighted by Gasteiger charge is -2.14. The van der Waals surface area contributed by atoms with Gasteiger partial charge in [0.25, 0.3) is 0 Å². The van der Waals surface area contributed by atoms with Crippen molar-refractivity contribution in [2.24, 2.45) is 0 Å². The fourth-order valence-electron chi connectivity index (χ4n) is 1.95. The molecule has 0 saturated heterocycles. The van der Waals surface area contributed by atoms with E-state index in [1.165, 1.54) is 25.3 Å². The van der Waals surface area contributed by atoms with Crippen LogP contribution in [-0.2, 0) is 6.54 Å². The van der Waals surface area contributed by atoms with Crippen LogP contribution in [0.4, 0.5) is 19.0 Å². The normalized spacial score (nSPS) is 11.0. The maximum Gasteiger partial charge on any atom is 0.422 e. The molecule has 0 fully saturated rings. The van der Waals surface area contributed by atoms with Crippen LogP contribution >= 0.6 is 0 Å². The highest BCUT2D eigenvalue weighted by Crippen LogP contribution is 2.30. The van der Waals surface area contributed by atoms with E-state index in [9.17, 15) is 18.0 Å². The molecule has 0 unspecified atom stereocenters. The highest BCUT2D eigenvalue weighted by Gasteiger charge is 2.29. The Balaban J connectivity index is 2.05. The van der Waals surface area contributed by atoms with Crippen LogP contribution in [0.15, 0.2) is 36.4 Å². The molecular formula is C16H15F3N2O4. The Morgan fingerprint density at radius 1 is 1.24 bits per heavy atom. The first kappa shape index (κ1) is 18.4. The number of alkyl halides is 3. The van der Waals surface area contributed by atoms with E-state index < -0.39 is 18.8 Å². The van der Waals surface area contributed by atoms with Gasteiger partial charge in [0.1, 0.15) is 5.82 Å². The fraction of sp³-hybridized carbons (Fsp3) is 0.250. The minimum absolute atomic E-state index is 0.0189. The predicted molar refractivity (Wildman–Crippen MR) is 83.1 cm³/mol. The second kappa shape index (κ2) is 7.73. The van der Waals surface area contributed by atoms with E-state index in [1.807, 2.05) is 0 Å². The maximum atomic E-state index is 12.2. The minimum Gasteiger partial charge on any atom is -0.493 e. The number of ether oxygens (including phenoxy) is 2. The Kier molecular flexibility index (Phi) is 5.68. The Bertz CT molecular complexity index is 750. The zero-order valence-corrected chi connectivity index (χ0v) is 13.1. The molecule has 0 bridgehead atoms. The molecule has 2 aromatic rings. The molecule has 0 spiro atoms. The predicted octanol–water partition coefficient (Wildman–Crippen LogP) is 3.34. The van der Waals surface area contributed by atoms with E-state index in [-0.39, 0.29) is 23.7 Å². The van der Waals surface area contributed by atoms with Crippen molar-refractivity contribution in [2.75, 3.05) is 19.0 Å². The Hall–Kier alpha value is -2.97. The zero-order chi connectivity index (χ0) is 18.4. The first-order valence-corrected chi connectivity index (χ1v) is 7.09. The molecule has 0 aliphatic rings. The van der Waals surface area contributed by atoms with Gasteiger partial charge in [-0.2, -0.15) is 13.2 Å². The van der Waals surface area contributed by atoms with Crippen molar-refractivity contribution in [1.82, 2.24) is 4.98 Å². The van der Waals surface area contributed by atoms with Gasteiger partial charge >= 0.3 is 12.1 Å². The number of carbonyl (C=O) groups is 1. The number of pyridine rings is 1. The number of hydrogen-bond acceptors (Lipinski definition) is 5. The third-order valence-electron chi connectivity index (χ3n) is 3.06. The zero-order valence-electron chi connectivity index (χ0n) is 13.1. The van der Waals surface area contributed by atoms with Crippen LogP contribution in [-0.4, -0.2) is 36.0 Å². The second-order valence-electron chi connectivity index (χ2n) is 4.96. The molecule has 9 heteroatoms. The van der Waals surface area contributed by atoms with Crippen molar-refractivity contribution >= 4 is 11.8 Å². The number of methoxy groups -OCH3 is 1. The summed E-state index contributed by atoms with van der Waals surface area (Å²) < 4.78 is 46.4. The average Bonchev–Trinajstić information content (AvgIpc) is 2.58. The van der Waals surface area contributed by atoms with Crippen LogP contribution in [0.3, 0.4) is 0 Å². The quantitative estimate of drug-likeness (QED) is 0.792. The SMILES string of the molecule is COc1cc(CNc2cccc(C(=O)O)n2)ccc1OCC(F)(F)F. The number of aromatic nitrogens is 1. The summed E-state index contributed by atoms with van der Waals surface area (Å²) >= 11 is 0. The summed E-state index contributed by atoms with van der Waals surface area (Å²) in [5.41, 5.74) is 0.595. The third kappa shape index (κ3) is 5.55. The highest BCUT2D eigenvalue weighted by molar-refractivity contribution is 5.85. The summed E-state index contributed by atoms with van der Waals surface area (Å²) in [4.78, 5) is 14.8. The summed E-state index contributed by atoms with van der Waals surface area (Å²) in [6, 6.07) is 8.99. The molecule has 6 nitrogen and oxygen atoms in total. The molecule has 0 aliphatic carbocycles. The number of nitrogens with one attached hydrogen (secondary N) is 1. The number of aromatic carboxylic acids is 1. The number of carboxylic acids is 1. The molecule has 0 atom stereocenters. The molecule has 2 rings (SSSR count). The topological polar surface area (TPSA) is 80.7 Å². The van der Waals surface area contributed by atoms with Gasteiger partial charge in [0.05, 0.1) is 7.11 Å².